The molecule has 1 fully saturated rings. The number of anilines is 1. The van der Waals surface area contributed by atoms with Crippen LogP contribution in [0.15, 0.2) is 12.1 Å². The molecule has 1 unspecified atom stereocenters. The molecular weight excluding hydrogens is 320 g/mol. The molecule has 0 spiro atoms. The quantitative estimate of drug-likeness (QED) is 0.858. The van der Waals surface area contributed by atoms with E-state index in [4.69, 9.17) is 14.2 Å². The molecule has 23 heavy (non-hydrogen) atoms. The Hall–Kier alpha value is -1.66. The van der Waals surface area contributed by atoms with Crippen molar-refractivity contribution in [2.45, 2.75) is 19.8 Å². The van der Waals surface area contributed by atoms with Crippen LogP contribution < -0.4 is 24.8 Å². The van der Waals surface area contributed by atoms with E-state index in [2.05, 4.69) is 10.6 Å². The summed E-state index contributed by atoms with van der Waals surface area (Å²) in [6.07, 6.45) is 1.87. The highest BCUT2D eigenvalue weighted by Gasteiger charge is 2.34. The largest absolute Gasteiger partial charge is 0.493 e. The Morgan fingerprint density at radius 1 is 1.17 bits per heavy atom. The smallest absolute Gasteiger partial charge is 0.231 e. The third kappa shape index (κ3) is 4.20. The predicted molar refractivity (Wildman–Crippen MR) is 92.2 cm³/mol. The van der Waals surface area contributed by atoms with E-state index in [0.29, 0.717) is 29.5 Å². The molecule has 7 heteroatoms. The molecule has 2 rings (SSSR count). The van der Waals surface area contributed by atoms with Gasteiger partial charge in [0.2, 0.25) is 11.7 Å². The van der Waals surface area contributed by atoms with Crippen LogP contribution in [0.3, 0.4) is 0 Å². The van der Waals surface area contributed by atoms with E-state index < -0.39 is 5.41 Å². The fourth-order valence-corrected chi connectivity index (χ4v) is 2.69. The zero-order valence-electron chi connectivity index (χ0n) is 14.0. The first-order chi connectivity index (χ1) is 10.5. The summed E-state index contributed by atoms with van der Waals surface area (Å²) in [5.41, 5.74) is 0.227. The van der Waals surface area contributed by atoms with Crippen LogP contribution in [0.5, 0.6) is 17.2 Å². The number of benzene rings is 1. The standard InChI is InChI=1S/C16H24N2O4.ClH/c1-16(6-5-7-17-10-16)15(19)18-11-8-12(20-2)14(22-4)13(9-11)21-3;/h8-9,17H,5-7,10H2,1-4H3,(H,18,19);1H. The number of rotatable bonds is 5. The summed E-state index contributed by atoms with van der Waals surface area (Å²) >= 11 is 0. The third-order valence-electron chi connectivity index (χ3n) is 4.07. The zero-order valence-corrected chi connectivity index (χ0v) is 14.8. The van der Waals surface area contributed by atoms with E-state index in [9.17, 15) is 4.79 Å². The molecular formula is C16H25ClN2O4. The van der Waals surface area contributed by atoms with Crippen molar-refractivity contribution in [3.05, 3.63) is 12.1 Å². The lowest BCUT2D eigenvalue weighted by atomic mass is 9.82. The number of carbonyl (C=O) groups is 1. The van der Waals surface area contributed by atoms with Gasteiger partial charge in [-0.25, -0.2) is 0 Å². The van der Waals surface area contributed by atoms with Crippen molar-refractivity contribution in [2.24, 2.45) is 5.41 Å². The van der Waals surface area contributed by atoms with Crippen LogP contribution in [0.2, 0.25) is 0 Å². The second-order valence-corrected chi connectivity index (χ2v) is 5.71. The molecule has 0 radical (unpaired) electrons. The van der Waals surface area contributed by atoms with Crippen molar-refractivity contribution in [3.63, 3.8) is 0 Å². The number of halogens is 1. The third-order valence-corrected chi connectivity index (χ3v) is 4.07. The Morgan fingerprint density at radius 3 is 2.22 bits per heavy atom. The minimum Gasteiger partial charge on any atom is -0.493 e. The molecule has 0 aromatic heterocycles. The Balaban J connectivity index is 0.00000264. The number of nitrogens with one attached hydrogen (secondary N) is 2. The van der Waals surface area contributed by atoms with Crippen molar-refractivity contribution >= 4 is 24.0 Å². The first-order valence-electron chi connectivity index (χ1n) is 7.36. The number of hydrogen-bond acceptors (Lipinski definition) is 5. The van der Waals surface area contributed by atoms with E-state index >= 15 is 0 Å². The summed E-state index contributed by atoms with van der Waals surface area (Å²) in [5, 5.41) is 6.23. The average Bonchev–Trinajstić information content (AvgIpc) is 2.54. The van der Waals surface area contributed by atoms with E-state index in [1.165, 1.54) is 0 Å². The van der Waals surface area contributed by atoms with Crippen LogP contribution in [-0.2, 0) is 4.79 Å². The van der Waals surface area contributed by atoms with Crippen LogP contribution in [0.4, 0.5) is 5.69 Å². The molecule has 1 heterocycles. The number of piperidine rings is 1. The normalized spacial score (nSPS) is 20.2. The summed E-state index contributed by atoms with van der Waals surface area (Å²) in [6.45, 7) is 3.63. The number of ether oxygens (including phenoxy) is 3. The lowest BCUT2D eigenvalue weighted by Gasteiger charge is -2.32. The SMILES string of the molecule is COc1cc(NC(=O)C2(C)CCCNC2)cc(OC)c1OC.Cl. The molecule has 1 aromatic carbocycles. The van der Waals surface area contributed by atoms with Crippen LogP contribution in [0, 0.1) is 5.41 Å². The lowest BCUT2D eigenvalue weighted by molar-refractivity contribution is -0.125. The molecule has 1 aliphatic heterocycles. The summed E-state index contributed by atoms with van der Waals surface area (Å²) in [7, 11) is 4.65. The van der Waals surface area contributed by atoms with Gasteiger partial charge in [0, 0.05) is 24.4 Å². The van der Waals surface area contributed by atoms with Crippen molar-refractivity contribution in [2.75, 3.05) is 39.7 Å². The maximum Gasteiger partial charge on any atom is 0.231 e. The molecule has 0 saturated carbocycles. The predicted octanol–water partition coefficient (Wildman–Crippen LogP) is 2.46. The van der Waals surface area contributed by atoms with Gasteiger partial charge in [0.25, 0.3) is 0 Å². The van der Waals surface area contributed by atoms with Gasteiger partial charge in [-0.15, -0.1) is 12.4 Å². The van der Waals surface area contributed by atoms with Gasteiger partial charge in [0.1, 0.15) is 0 Å². The highest BCUT2D eigenvalue weighted by molar-refractivity contribution is 5.96. The topological polar surface area (TPSA) is 68.8 Å². The van der Waals surface area contributed by atoms with Gasteiger partial charge in [-0.05, 0) is 26.3 Å². The highest BCUT2D eigenvalue weighted by Crippen LogP contribution is 2.40. The second-order valence-electron chi connectivity index (χ2n) is 5.71. The monoisotopic (exact) mass is 344 g/mol. The summed E-state index contributed by atoms with van der Waals surface area (Å²) in [4.78, 5) is 12.6. The van der Waals surface area contributed by atoms with E-state index in [1.54, 1.807) is 33.5 Å². The van der Waals surface area contributed by atoms with Gasteiger partial charge < -0.3 is 24.8 Å². The first-order valence-corrected chi connectivity index (χ1v) is 7.36. The first kappa shape index (κ1) is 19.4. The van der Waals surface area contributed by atoms with Crippen molar-refractivity contribution < 1.29 is 19.0 Å². The highest BCUT2D eigenvalue weighted by atomic mass is 35.5. The molecule has 0 bridgehead atoms. The van der Waals surface area contributed by atoms with Crippen molar-refractivity contribution in [1.29, 1.82) is 0 Å². The molecule has 1 aromatic rings. The van der Waals surface area contributed by atoms with Crippen LogP contribution in [0.25, 0.3) is 0 Å². The molecule has 1 aliphatic rings. The molecule has 1 atom stereocenters. The average molecular weight is 345 g/mol. The van der Waals surface area contributed by atoms with Gasteiger partial charge in [-0.1, -0.05) is 0 Å². The fourth-order valence-electron chi connectivity index (χ4n) is 2.69. The van der Waals surface area contributed by atoms with Crippen LogP contribution in [-0.4, -0.2) is 40.3 Å². The minimum absolute atomic E-state index is 0. The van der Waals surface area contributed by atoms with E-state index in [1.807, 2.05) is 6.92 Å². The van der Waals surface area contributed by atoms with Crippen LogP contribution in [0.1, 0.15) is 19.8 Å². The van der Waals surface area contributed by atoms with Gasteiger partial charge in [-0.2, -0.15) is 0 Å². The lowest BCUT2D eigenvalue weighted by Crippen LogP contribution is -2.46. The minimum atomic E-state index is -0.404. The fraction of sp³-hybridized carbons (Fsp3) is 0.562. The number of carbonyl (C=O) groups excluding carboxylic acids is 1. The molecule has 6 nitrogen and oxygen atoms in total. The van der Waals surface area contributed by atoms with Crippen LogP contribution >= 0.6 is 12.4 Å². The zero-order chi connectivity index (χ0) is 16.2. The second kappa shape index (κ2) is 8.26. The van der Waals surface area contributed by atoms with Crippen molar-refractivity contribution in [1.82, 2.24) is 5.32 Å². The summed E-state index contributed by atoms with van der Waals surface area (Å²) in [6, 6.07) is 3.47. The molecule has 2 N–H and O–H groups in total. The van der Waals surface area contributed by atoms with Gasteiger partial charge >= 0.3 is 0 Å². The number of amides is 1. The van der Waals surface area contributed by atoms with Gasteiger partial charge in [0.05, 0.1) is 26.7 Å². The summed E-state index contributed by atoms with van der Waals surface area (Å²) < 4.78 is 15.9. The molecule has 0 aliphatic carbocycles. The maximum atomic E-state index is 12.6. The van der Waals surface area contributed by atoms with Crippen molar-refractivity contribution in [3.8, 4) is 17.2 Å². The summed E-state index contributed by atoms with van der Waals surface area (Å²) in [5.74, 6) is 1.54. The van der Waals surface area contributed by atoms with E-state index in [-0.39, 0.29) is 18.3 Å². The number of hydrogen-bond donors (Lipinski definition) is 2. The van der Waals surface area contributed by atoms with Gasteiger partial charge in [0.15, 0.2) is 11.5 Å². The molecule has 1 saturated heterocycles. The Labute approximate surface area is 143 Å². The van der Waals surface area contributed by atoms with E-state index in [0.717, 1.165) is 19.4 Å². The maximum absolute atomic E-state index is 12.6. The Morgan fingerprint density at radius 2 is 1.78 bits per heavy atom. The number of methoxy groups -OCH3 is 3. The van der Waals surface area contributed by atoms with Gasteiger partial charge in [-0.3, -0.25) is 4.79 Å². The Bertz CT molecular complexity index is 520. The Kier molecular flexibility index (Phi) is 6.97. The molecule has 130 valence electrons. The molecule has 1 amide bonds.